The van der Waals surface area contributed by atoms with Gasteiger partial charge in [-0.15, -0.1) is 0 Å². The molecule has 14 heavy (non-hydrogen) atoms. The second-order valence-electron chi connectivity index (χ2n) is 3.70. The normalized spacial score (nSPS) is 25.6. The van der Waals surface area contributed by atoms with E-state index in [9.17, 15) is 0 Å². The average Bonchev–Trinajstić information content (AvgIpc) is 2.72. The molecular formula is C11H11N3. The molecule has 1 aliphatic carbocycles. The summed E-state index contributed by atoms with van der Waals surface area (Å²) in [5.41, 5.74) is 1.76. The molecule has 0 amide bonds. The second-order valence-corrected chi connectivity index (χ2v) is 3.70. The Kier molecular flexibility index (Phi) is 1.97. The molecule has 1 heterocycles. The quantitative estimate of drug-likeness (QED) is 0.729. The van der Waals surface area contributed by atoms with Gasteiger partial charge in [0, 0.05) is 6.20 Å². The molecule has 0 aliphatic heterocycles. The van der Waals surface area contributed by atoms with Crippen LogP contribution in [0, 0.1) is 16.7 Å². The first-order valence-electron chi connectivity index (χ1n) is 4.54. The molecular weight excluding hydrogens is 174 g/mol. The Morgan fingerprint density at radius 2 is 2.50 bits per heavy atom. The Morgan fingerprint density at radius 3 is 3.00 bits per heavy atom. The maximum Gasteiger partial charge on any atom is 0.0763 e. The summed E-state index contributed by atoms with van der Waals surface area (Å²) in [4.78, 5) is 0. The number of aromatic nitrogens is 2. The fourth-order valence-corrected chi connectivity index (χ4v) is 1.43. The van der Waals surface area contributed by atoms with Crippen molar-refractivity contribution in [2.45, 2.75) is 13.3 Å². The summed E-state index contributed by atoms with van der Waals surface area (Å²) in [7, 11) is 0. The fraction of sp³-hybridized carbons (Fsp3) is 0.273. The molecule has 0 radical (unpaired) electrons. The molecule has 0 fully saturated rings. The lowest BCUT2D eigenvalue weighted by molar-refractivity contribution is 0.574. The lowest BCUT2D eigenvalue weighted by Gasteiger charge is -2.19. The maximum atomic E-state index is 8.92. The minimum absolute atomic E-state index is 0.344. The van der Waals surface area contributed by atoms with E-state index >= 15 is 0 Å². The van der Waals surface area contributed by atoms with Crippen LogP contribution in [0.5, 0.6) is 0 Å². The molecule has 0 aromatic carbocycles. The van der Waals surface area contributed by atoms with Crippen molar-refractivity contribution < 1.29 is 0 Å². The SMILES string of the molecule is CC1(C#N)C=CC(c2ccn[nH]2)=CC1. The number of aromatic amines is 1. The number of nitrogens with zero attached hydrogens (tertiary/aromatic N) is 2. The smallest absolute Gasteiger partial charge is 0.0763 e. The standard InChI is InChI=1S/C11H11N3/c1-11(8-12)5-2-9(3-6-11)10-4-7-13-14-10/h2-5,7H,6H2,1H3,(H,13,14). The van der Waals surface area contributed by atoms with Gasteiger partial charge in [0.1, 0.15) is 0 Å². The summed E-state index contributed by atoms with van der Waals surface area (Å²) in [6, 6.07) is 4.21. The first kappa shape index (κ1) is 8.76. The molecule has 2 rings (SSSR count). The number of nitrogens with one attached hydrogen (secondary N) is 1. The number of hydrogen-bond donors (Lipinski definition) is 1. The van der Waals surface area contributed by atoms with Crippen LogP contribution in [0.15, 0.2) is 30.5 Å². The zero-order valence-corrected chi connectivity index (χ0v) is 7.99. The third-order valence-corrected chi connectivity index (χ3v) is 2.44. The molecule has 0 saturated carbocycles. The number of rotatable bonds is 1. The van der Waals surface area contributed by atoms with Gasteiger partial charge in [-0.05, 0) is 25.0 Å². The molecule has 3 nitrogen and oxygen atoms in total. The Bertz CT molecular complexity index is 420. The monoisotopic (exact) mass is 185 g/mol. The van der Waals surface area contributed by atoms with Crippen LogP contribution in [0.3, 0.4) is 0 Å². The highest BCUT2D eigenvalue weighted by molar-refractivity contribution is 5.73. The first-order chi connectivity index (χ1) is 6.73. The molecule has 70 valence electrons. The molecule has 0 spiro atoms. The predicted molar refractivity (Wildman–Crippen MR) is 54.0 cm³/mol. The van der Waals surface area contributed by atoms with E-state index in [1.54, 1.807) is 6.20 Å². The van der Waals surface area contributed by atoms with Crippen molar-refractivity contribution in [2.75, 3.05) is 0 Å². The Labute approximate surface area is 82.8 Å². The molecule has 1 aromatic rings. The second kappa shape index (κ2) is 3.15. The van der Waals surface area contributed by atoms with Gasteiger partial charge in [-0.3, -0.25) is 5.10 Å². The molecule has 1 aliphatic rings. The lowest BCUT2D eigenvalue weighted by atomic mass is 9.83. The Balaban J connectivity index is 2.24. The highest BCUT2D eigenvalue weighted by Crippen LogP contribution is 2.31. The summed E-state index contributed by atoms with van der Waals surface area (Å²) in [6.45, 7) is 1.93. The van der Waals surface area contributed by atoms with Crippen molar-refractivity contribution in [3.63, 3.8) is 0 Å². The Hall–Kier alpha value is -1.82. The Morgan fingerprint density at radius 1 is 1.64 bits per heavy atom. The van der Waals surface area contributed by atoms with Crippen LogP contribution >= 0.6 is 0 Å². The van der Waals surface area contributed by atoms with Gasteiger partial charge in [-0.1, -0.05) is 18.2 Å². The minimum atomic E-state index is -0.344. The van der Waals surface area contributed by atoms with Gasteiger partial charge in [0.05, 0.1) is 17.2 Å². The lowest BCUT2D eigenvalue weighted by Crippen LogP contribution is -2.11. The van der Waals surface area contributed by atoms with Gasteiger partial charge in [-0.25, -0.2) is 0 Å². The highest BCUT2D eigenvalue weighted by atomic mass is 15.1. The van der Waals surface area contributed by atoms with E-state index < -0.39 is 0 Å². The zero-order valence-electron chi connectivity index (χ0n) is 7.99. The van der Waals surface area contributed by atoms with Gasteiger partial charge in [0.25, 0.3) is 0 Å². The molecule has 1 aromatic heterocycles. The molecule has 3 heteroatoms. The van der Waals surface area contributed by atoms with Crippen molar-refractivity contribution in [3.8, 4) is 6.07 Å². The van der Waals surface area contributed by atoms with E-state index in [4.69, 9.17) is 5.26 Å². The third-order valence-electron chi connectivity index (χ3n) is 2.44. The largest absolute Gasteiger partial charge is 0.278 e. The third kappa shape index (κ3) is 1.47. The van der Waals surface area contributed by atoms with Crippen molar-refractivity contribution in [1.82, 2.24) is 10.2 Å². The van der Waals surface area contributed by atoms with Crippen molar-refractivity contribution >= 4 is 5.57 Å². The summed E-state index contributed by atoms with van der Waals surface area (Å²) in [5.74, 6) is 0. The molecule has 1 atom stereocenters. The molecule has 1 unspecified atom stereocenters. The highest BCUT2D eigenvalue weighted by Gasteiger charge is 2.22. The van der Waals surface area contributed by atoms with E-state index in [2.05, 4.69) is 22.3 Å². The van der Waals surface area contributed by atoms with Crippen LogP contribution < -0.4 is 0 Å². The van der Waals surface area contributed by atoms with Gasteiger partial charge in [0.2, 0.25) is 0 Å². The van der Waals surface area contributed by atoms with E-state index in [-0.39, 0.29) is 5.41 Å². The number of H-pyrrole nitrogens is 1. The van der Waals surface area contributed by atoms with Crippen LogP contribution in [-0.2, 0) is 0 Å². The summed E-state index contributed by atoms with van der Waals surface area (Å²) < 4.78 is 0. The van der Waals surface area contributed by atoms with Gasteiger partial charge >= 0.3 is 0 Å². The van der Waals surface area contributed by atoms with Gasteiger partial charge < -0.3 is 0 Å². The average molecular weight is 185 g/mol. The van der Waals surface area contributed by atoms with Crippen LogP contribution in [-0.4, -0.2) is 10.2 Å². The summed E-state index contributed by atoms with van der Waals surface area (Å²) in [6.07, 6.45) is 8.47. The van der Waals surface area contributed by atoms with Crippen LogP contribution in [0.4, 0.5) is 0 Å². The first-order valence-corrected chi connectivity index (χ1v) is 4.54. The van der Waals surface area contributed by atoms with Crippen LogP contribution in [0.2, 0.25) is 0 Å². The molecule has 1 N–H and O–H groups in total. The minimum Gasteiger partial charge on any atom is -0.278 e. The topological polar surface area (TPSA) is 52.5 Å². The van der Waals surface area contributed by atoms with Gasteiger partial charge in [-0.2, -0.15) is 10.4 Å². The number of nitriles is 1. The van der Waals surface area contributed by atoms with Crippen molar-refractivity contribution in [1.29, 1.82) is 5.26 Å². The number of allylic oxidation sites excluding steroid dienone is 4. The molecule has 0 bridgehead atoms. The van der Waals surface area contributed by atoms with E-state index in [1.165, 1.54) is 0 Å². The van der Waals surface area contributed by atoms with E-state index in [1.807, 2.05) is 25.1 Å². The fourth-order valence-electron chi connectivity index (χ4n) is 1.43. The molecule has 0 saturated heterocycles. The van der Waals surface area contributed by atoms with Gasteiger partial charge in [0.15, 0.2) is 0 Å². The van der Waals surface area contributed by atoms with E-state index in [0.717, 1.165) is 17.7 Å². The van der Waals surface area contributed by atoms with Crippen molar-refractivity contribution in [2.24, 2.45) is 5.41 Å². The predicted octanol–water partition coefficient (Wildman–Crippen LogP) is 2.28. The van der Waals surface area contributed by atoms with Crippen LogP contribution in [0.25, 0.3) is 5.57 Å². The van der Waals surface area contributed by atoms with E-state index in [0.29, 0.717) is 0 Å². The van der Waals surface area contributed by atoms with Crippen LogP contribution in [0.1, 0.15) is 19.0 Å². The summed E-state index contributed by atoms with van der Waals surface area (Å²) in [5, 5.41) is 15.7. The zero-order chi connectivity index (χ0) is 10.0. The maximum absolute atomic E-state index is 8.92. The van der Waals surface area contributed by atoms with Crippen molar-refractivity contribution in [3.05, 3.63) is 36.2 Å². The summed E-state index contributed by atoms with van der Waals surface area (Å²) >= 11 is 0. The number of hydrogen-bond acceptors (Lipinski definition) is 2.